The number of hydrogen-bond donors (Lipinski definition) is 1. The molecule has 0 aliphatic heterocycles. The number of hydrogen-bond acceptors (Lipinski definition) is 4. The van der Waals surface area contributed by atoms with E-state index in [1.807, 2.05) is 0 Å². The number of ether oxygens (including phenoxy) is 1. The van der Waals surface area contributed by atoms with Crippen LogP contribution in [0.3, 0.4) is 0 Å². The molecule has 0 bridgehead atoms. The molecule has 0 radical (unpaired) electrons. The summed E-state index contributed by atoms with van der Waals surface area (Å²) in [4.78, 5) is 10.4. The van der Waals surface area contributed by atoms with Crippen LogP contribution in [0.1, 0.15) is 16.2 Å². The first-order chi connectivity index (χ1) is 4.95. The number of carbonyl (C=O) groups is 1. The van der Waals surface area contributed by atoms with Gasteiger partial charge in [0.1, 0.15) is 12.4 Å². The maximum Gasteiger partial charge on any atom is 2.00 e. The van der Waals surface area contributed by atoms with Gasteiger partial charge in [0.2, 0.25) is 0 Å². The number of carbonyl (C=O) groups excluding carboxylic acids is 1. The molecular weight excluding hydrogens is 196 g/mol. The summed E-state index contributed by atoms with van der Waals surface area (Å²) in [5, 5.41) is 0. The summed E-state index contributed by atoms with van der Waals surface area (Å²) in [6.45, 7) is 1.31. The zero-order valence-corrected chi connectivity index (χ0v) is 9.05. The molecular formula is C5H12MgO5S. The molecule has 0 aromatic carbocycles. The van der Waals surface area contributed by atoms with E-state index in [1.165, 1.54) is 0 Å². The molecule has 0 rings (SSSR count). The molecule has 0 fully saturated rings. The van der Waals surface area contributed by atoms with Crippen LogP contribution in [-0.2, 0) is 19.6 Å². The summed E-state index contributed by atoms with van der Waals surface area (Å²) in [5.41, 5.74) is 0. The summed E-state index contributed by atoms with van der Waals surface area (Å²) in [7, 11) is -4.01. The van der Waals surface area contributed by atoms with Crippen LogP contribution in [0.5, 0.6) is 0 Å². The molecule has 5 nitrogen and oxygen atoms in total. The van der Waals surface area contributed by atoms with Gasteiger partial charge in [-0.15, -0.1) is 0 Å². The van der Waals surface area contributed by atoms with E-state index < -0.39 is 21.8 Å². The second-order valence-corrected chi connectivity index (χ2v) is 3.43. The third kappa shape index (κ3) is 10.1. The van der Waals surface area contributed by atoms with Crippen molar-refractivity contribution in [1.29, 1.82) is 0 Å². The van der Waals surface area contributed by atoms with Crippen LogP contribution in [0.2, 0.25) is 0 Å². The van der Waals surface area contributed by atoms with E-state index in [4.69, 9.17) is 4.55 Å². The van der Waals surface area contributed by atoms with Gasteiger partial charge < -0.3 is 7.59 Å². The summed E-state index contributed by atoms with van der Waals surface area (Å²) in [6, 6.07) is 0. The van der Waals surface area contributed by atoms with E-state index in [1.54, 1.807) is 6.92 Å². The Labute approximate surface area is 90.3 Å². The fourth-order valence-electron chi connectivity index (χ4n) is 0.363. The van der Waals surface area contributed by atoms with Crippen LogP contribution >= 0.6 is 0 Å². The fourth-order valence-corrected chi connectivity index (χ4v) is 0.657. The van der Waals surface area contributed by atoms with Gasteiger partial charge in [-0.25, -0.2) is 0 Å². The van der Waals surface area contributed by atoms with Gasteiger partial charge >= 0.3 is 29.0 Å². The van der Waals surface area contributed by atoms with Gasteiger partial charge in [0, 0.05) is 6.42 Å². The molecule has 1 N–H and O–H groups in total. The molecule has 0 saturated carbocycles. The average Bonchev–Trinajstić information content (AvgIpc) is 1.85. The minimum atomic E-state index is -4.01. The van der Waals surface area contributed by atoms with Gasteiger partial charge in [-0.2, -0.15) is 8.42 Å². The first-order valence-corrected chi connectivity index (χ1v) is 4.67. The SMILES string of the molecule is CCC(=O)OCCS(=O)(=O)O.[H-].[H-].[Mg+2]. The number of rotatable bonds is 4. The van der Waals surface area contributed by atoms with Gasteiger partial charge in [0.15, 0.2) is 0 Å². The Bertz CT molecular complexity index is 230. The molecule has 0 heterocycles. The third-order valence-corrected chi connectivity index (χ3v) is 1.58. The van der Waals surface area contributed by atoms with E-state index in [0.717, 1.165) is 0 Å². The molecule has 0 atom stereocenters. The van der Waals surface area contributed by atoms with Crippen LogP contribution in [0, 0.1) is 0 Å². The maximum absolute atomic E-state index is 10.4. The molecule has 0 aliphatic carbocycles. The van der Waals surface area contributed by atoms with Crippen LogP contribution in [-0.4, -0.2) is 54.4 Å². The number of esters is 1. The summed E-state index contributed by atoms with van der Waals surface area (Å²) < 4.78 is 32.7. The van der Waals surface area contributed by atoms with Gasteiger partial charge in [-0.1, -0.05) is 6.92 Å². The van der Waals surface area contributed by atoms with Crippen molar-refractivity contribution in [2.24, 2.45) is 0 Å². The molecule has 0 unspecified atom stereocenters. The van der Waals surface area contributed by atoms with Crippen LogP contribution < -0.4 is 0 Å². The maximum atomic E-state index is 10.4. The Hall–Kier alpha value is 0.146. The molecule has 0 spiro atoms. The monoisotopic (exact) mass is 208 g/mol. The van der Waals surface area contributed by atoms with Crippen molar-refractivity contribution in [2.45, 2.75) is 13.3 Å². The predicted molar refractivity (Wildman–Crippen MR) is 45.6 cm³/mol. The van der Waals surface area contributed by atoms with Crippen LogP contribution in [0.15, 0.2) is 0 Å². The second kappa shape index (κ2) is 6.64. The zero-order valence-electron chi connectivity index (χ0n) is 8.82. The van der Waals surface area contributed by atoms with Gasteiger partial charge in [0.05, 0.1) is 0 Å². The largest absolute Gasteiger partial charge is 2.00 e. The van der Waals surface area contributed by atoms with Crippen molar-refractivity contribution >= 4 is 39.1 Å². The van der Waals surface area contributed by atoms with Gasteiger partial charge in [-0.3, -0.25) is 9.35 Å². The Morgan fingerprint density at radius 2 is 2.08 bits per heavy atom. The van der Waals surface area contributed by atoms with Crippen molar-refractivity contribution in [1.82, 2.24) is 0 Å². The van der Waals surface area contributed by atoms with Crippen molar-refractivity contribution in [3.8, 4) is 0 Å². The Kier molecular flexibility index (Phi) is 8.11. The smallest absolute Gasteiger partial charge is 1.00 e. The molecule has 12 heavy (non-hydrogen) atoms. The normalized spacial score (nSPS) is 10.2. The van der Waals surface area contributed by atoms with Crippen molar-refractivity contribution < 1.29 is 25.4 Å². The second-order valence-electron chi connectivity index (χ2n) is 1.86. The van der Waals surface area contributed by atoms with Crippen molar-refractivity contribution in [3.05, 3.63) is 0 Å². The molecule has 0 aromatic heterocycles. The Morgan fingerprint density at radius 1 is 1.58 bits per heavy atom. The minimum absolute atomic E-state index is 0. The van der Waals surface area contributed by atoms with E-state index >= 15 is 0 Å². The average molecular weight is 209 g/mol. The topological polar surface area (TPSA) is 80.7 Å². The van der Waals surface area contributed by atoms with E-state index in [2.05, 4.69) is 4.74 Å². The fraction of sp³-hybridized carbons (Fsp3) is 0.800. The standard InChI is InChI=1S/C5H10O5S.Mg.2H/c1-2-5(6)10-3-4-11(7,8)9;;;/h2-4H2,1H3,(H,7,8,9);;;/q;+2;2*-1. The van der Waals surface area contributed by atoms with Gasteiger partial charge in [-0.05, 0) is 0 Å². The zero-order chi connectivity index (χ0) is 8.91. The van der Waals surface area contributed by atoms with Crippen LogP contribution in [0.25, 0.3) is 0 Å². The molecule has 70 valence electrons. The van der Waals surface area contributed by atoms with Crippen molar-refractivity contribution in [2.75, 3.05) is 12.4 Å². The Balaban J connectivity index is -0.000000167. The van der Waals surface area contributed by atoms with E-state index in [0.29, 0.717) is 0 Å². The summed E-state index contributed by atoms with van der Waals surface area (Å²) in [6.07, 6.45) is 0.200. The van der Waals surface area contributed by atoms with Crippen LogP contribution in [0.4, 0.5) is 0 Å². The van der Waals surface area contributed by atoms with E-state index in [9.17, 15) is 13.2 Å². The summed E-state index contributed by atoms with van der Waals surface area (Å²) in [5.74, 6) is -1.02. The molecule has 0 amide bonds. The predicted octanol–water partition coefficient (Wildman–Crippen LogP) is -0.328. The van der Waals surface area contributed by atoms with Gasteiger partial charge in [0.25, 0.3) is 10.1 Å². The molecule has 0 aromatic rings. The van der Waals surface area contributed by atoms with Crippen molar-refractivity contribution in [3.63, 3.8) is 0 Å². The van der Waals surface area contributed by atoms with E-state index in [-0.39, 0.29) is 38.9 Å². The molecule has 0 aliphatic rings. The molecule has 0 saturated heterocycles. The first-order valence-electron chi connectivity index (χ1n) is 3.06. The Morgan fingerprint density at radius 3 is 2.42 bits per heavy atom. The quantitative estimate of drug-likeness (QED) is 0.389. The molecule has 7 heteroatoms. The minimum Gasteiger partial charge on any atom is -1.00 e. The third-order valence-electron chi connectivity index (χ3n) is 0.893. The summed E-state index contributed by atoms with van der Waals surface area (Å²) >= 11 is 0. The first kappa shape index (κ1) is 14.7.